The van der Waals surface area contributed by atoms with Gasteiger partial charge in [-0.2, -0.15) is 0 Å². The van der Waals surface area contributed by atoms with Crippen molar-refractivity contribution in [2.45, 2.75) is 27.1 Å². The molecule has 0 atom stereocenters. The minimum atomic E-state index is 0.104. The fourth-order valence-electron chi connectivity index (χ4n) is 3.55. The van der Waals surface area contributed by atoms with Crippen LogP contribution in [0.5, 0.6) is 23.0 Å². The average Bonchev–Trinajstić information content (AvgIpc) is 2.82. The summed E-state index contributed by atoms with van der Waals surface area (Å²) in [7, 11) is 0. The molecule has 0 aliphatic carbocycles. The van der Waals surface area contributed by atoms with E-state index in [9.17, 15) is 10.2 Å². The maximum atomic E-state index is 10.8. The predicted octanol–water partition coefficient (Wildman–Crippen LogP) is 6.54. The molecule has 0 bridgehead atoms. The van der Waals surface area contributed by atoms with E-state index in [1.165, 1.54) is 0 Å². The summed E-state index contributed by atoms with van der Waals surface area (Å²) in [6.45, 7) is 4.45. The minimum absolute atomic E-state index is 0.104. The summed E-state index contributed by atoms with van der Waals surface area (Å²) in [5.74, 6) is 1.44. The zero-order valence-electron chi connectivity index (χ0n) is 18.2. The Labute approximate surface area is 188 Å². The van der Waals surface area contributed by atoms with Crippen molar-refractivity contribution in [2.24, 2.45) is 0 Å². The van der Waals surface area contributed by atoms with Gasteiger partial charge in [-0.15, -0.1) is 0 Å². The van der Waals surface area contributed by atoms with Gasteiger partial charge in [-0.05, 0) is 60.4 Å². The van der Waals surface area contributed by atoms with Gasteiger partial charge in [0.2, 0.25) is 0 Å². The molecule has 4 aromatic carbocycles. The lowest BCUT2D eigenvalue weighted by molar-refractivity contribution is 0.305. The molecule has 4 nitrogen and oxygen atoms in total. The van der Waals surface area contributed by atoms with Gasteiger partial charge in [-0.3, -0.25) is 0 Å². The van der Waals surface area contributed by atoms with E-state index >= 15 is 0 Å². The van der Waals surface area contributed by atoms with Crippen molar-refractivity contribution in [1.82, 2.24) is 0 Å². The molecule has 32 heavy (non-hydrogen) atoms. The first-order chi connectivity index (χ1) is 15.5. The summed E-state index contributed by atoms with van der Waals surface area (Å²) in [6, 6.07) is 26.9. The second-order valence-electron chi connectivity index (χ2n) is 7.82. The van der Waals surface area contributed by atoms with Crippen LogP contribution in [0.3, 0.4) is 0 Å². The van der Waals surface area contributed by atoms with Crippen molar-refractivity contribution in [1.29, 1.82) is 0 Å². The summed E-state index contributed by atoms with van der Waals surface area (Å²) in [5.41, 5.74) is 4.43. The quantitative estimate of drug-likeness (QED) is 0.352. The summed E-state index contributed by atoms with van der Waals surface area (Å²) in [5, 5.41) is 21.5. The molecule has 4 heteroatoms. The molecule has 0 unspecified atom stereocenters. The highest BCUT2D eigenvalue weighted by Crippen LogP contribution is 2.43. The molecule has 2 N–H and O–H groups in total. The minimum Gasteiger partial charge on any atom is -0.507 e. The first-order valence-electron chi connectivity index (χ1n) is 10.5. The van der Waals surface area contributed by atoms with Crippen LogP contribution in [-0.2, 0) is 13.2 Å². The Balaban J connectivity index is 1.64. The van der Waals surface area contributed by atoms with Crippen LogP contribution in [-0.4, -0.2) is 10.2 Å². The Morgan fingerprint density at radius 3 is 1.31 bits per heavy atom. The first kappa shape index (κ1) is 21.3. The largest absolute Gasteiger partial charge is 0.507 e. The monoisotopic (exact) mass is 426 g/mol. The molecule has 0 aliphatic rings. The molecule has 0 aromatic heterocycles. The van der Waals surface area contributed by atoms with Crippen molar-refractivity contribution in [3.8, 4) is 34.1 Å². The molecule has 0 radical (unpaired) electrons. The Bertz CT molecular complexity index is 1100. The second kappa shape index (κ2) is 9.48. The van der Waals surface area contributed by atoms with Gasteiger partial charge in [-0.1, -0.05) is 60.7 Å². The fraction of sp³-hybridized carbons (Fsp3) is 0.143. The highest BCUT2D eigenvalue weighted by molar-refractivity contribution is 5.80. The summed E-state index contributed by atoms with van der Waals surface area (Å²) in [6.07, 6.45) is 0. The Morgan fingerprint density at radius 1 is 0.562 bits per heavy atom. The third kappa shape index (κ3) is 4.86. The van der Waals surface area contributed by atoms with E-state index in [1.807, 2.05) is 74.5 Å². The maximum absolute atomic E-state index is 10.8. The van der Waals surface area contributed by atoms with Crippen molar-refractivity contribution in [3.05, 3.63) is 107 Å². The SMILES string of the molecule is Cc1cc(OCc2ccccc2)cc(-c2cc(OCc3ccccc3)cc(C)c2O)c1O. The Kier molecular flexibility index (Phi) is 6.31. The lowest BCUT2D eigenvalue weighted by atomic mass is 9.98. The van der Waals surface area contributed by atoms with Gasteiger partial charge in [0.15, 0.2) is 0 Å². The molecular formula is C28H26O4. The second-order valence-corrected chi connectivity index (χ2v) is 7.82. The number of phenolic OH excluding ortho intramolecular Hbond substituents is 2. The van der Waals surface area contributed by atoms with Crippen molar-refractivity contribution in [2.75, 3.05) is 0 Å². The molecule has 4 aromatic rings. The van der Waals surface area contributed by atoms with Crippen LogP contribution in [0.2, 0.25) is 0 Å². The molecule has 4 rings (SSSR count). The van der Waals surface area contributed by atoms with Gasteiger partial charge in [0.25, 0.3) is 0 Å². The fourth-order valence-corrected chi connectivity index (χ4v) is 3.55. The number of aromatic hydroxyl groups is 2. The number of phenols is 2. The molecule has 0 saturated carbocycles. The van der Waals surface area contributed by atoms with Crippen LogP contribution < -0.4 is 9.47 Å². The van der Waals surface area contributed by atoms with E-state index in [-0.39, 0.29) is 11.5 Å². The number of hydrogen-bond acceptors (Lipinski definition) is 4. The zero-order chi connectivity index (χ0) is 22.5. The van der Waals surface area contributed by atoms with Gasteiger partial charge >= 0.3 is 0 Å². The van der Waals surface area contributed by atoms with E-state index in [0.717, 1.165) is 11.1 Å². The van der Waals surface area contributed by atoms with E-state index in [4.69, 9.17) is 9.47 Å². The van der Waals surface area contributed by atoms with Crippen molar-refractivity contribution < 1.29 is 19.7 Å². The van der Waals surface area contributed by atoms with Crippen LogP contribution >= 0.6 is 0 Å². The highest BCUT2D eigenvalue weighted by Gasteiger charge is 2.17. The zero-order valence-corrected chi connectivity index (χ0v) is 18.2. The molecule has 0 spiro atoms. The third-order valence-electron chi connectivity index (χ3n) is 5.33. The number of rotatable bonds is 7. The standard InChI is InChI=1S/C28H26O4/c1-19-13-23(31-17-21-9-5-3-6-10-21)15-25(27(19)29)26-16-24(14-20(2)28(26)30)32-18-22-11-7-4-8-12-22/h3-16,29-30H,17-18H2,1-2H3. The Morgan fingerprint density at radius 2 is 0.938 bits per heavy atom. The topological polar surface area (TPSA) is 58.9 Å². The van der Waals surface area contributed by atoms with Crippen LogP contribution in [0.1, 0.15) is 22.3 Å². The van der Waals surface area contributed by atoms with Crippen LogP contribution in [0.15, 0.2) is 84.9 Å². The van der Waals surface area contributed by atoms with Crippen LogP contribution in [0, 0.1) is 13.8 Å². The molecule has 0 fully saturated rings. The lowest BCUT2D eigenvalue weighted by Gasteiger charge is -2.16. The van der Waals surface area contributed by atoms with E-state index in [2.05, 4.69) is 0 Å². The summed E-state index contributed by atoms with van der Waals surface area (Å²) >= 11 is 0. The summed E-state index contributed by atoms with van der Waals surface area (Å²) < 4.78 is 11.9. The number of aryl methyl sites for hydroxylation is 2. The van der Waals surface area contributed by atoms with Crippen LogP contribution in [0.25, 0.3) is 11.1 Å². The van der Waals surface area contributed by atoms with Gasteiger partial charge in [0.1, 0.15) is 36.2 Å². The van der Waals surface area contributed by atoms with E-state index in [1.54, 1.807) is 24.3 Å². The average molecular weight is 427 g/mol. The van der Waals surface area contributed by atoms with E-state index < -0.39 is 0 Å². The molecule has 0 amide bonds. The molecule has 0 aliphatic heterocycles. The number of benzene rings is 4. The molecule has 0 saturated heterocycles. The van der Waals surface area contributed by atoms with Crippen LogP contribution in [0.4, 0.5) is 0 Å². The van der Waals surface area contributed by atoms with E-state index in [0.29, 0.717) is 47.0 Å². The highest BCUT2D eigenvalue weighted by atomic mass is 16.5. The Hall–Kier alpha value is -3.92. The normalized spacial score (nSPS) is 10.7. The van der Waals surface area contributed by atoms with Gasteiger partial charge < -0.3 is 19.7 Å². The third-order valence-corrected chi connectivity index (χ3v) is 5.33. The maximum Gasteiger partial charge on any atom is 0.126 e. The van der Waals surface area contributed by atoms with Crippen molar-refractivity contribution >= 4 is 0 Å². The summed E-state index contributed by atoms with van der Waals surface area (Å²) in [4.78, 5) is 0. The lowest BCUT2D eigenvalue weighted by Crippen LogP contribution is -1.98. The van der Waals surface area contributed by atoms with Gasteiger partial charge in [-0.25, -0.2) is 0 Å². The van der Waals surface area contributed by atoms with Gasteiger partial charge in [0, 0.05) is 11.1 Å². The van der Waals surface area contributed by atoms with Crippen molar-refractivity contribution in [3.63, 3.8) is 0 Å². The number of hydrogen-bond donors (Lipinski definition) is 2. The molecule has 0 heterocycles. The number of ether oxygens (including phenoxy) is 2. The predicted molar refractivity (Wildman–Crippen MR) is 126 cm³/mol. The molecule has 162 valence electrons. The first-order valence-corrected chi connectivity index (χ1v) is 10.5. The van der Waals surface area contributed by atoms with Gasteiger partial charge in [0.05, 0.1) is 0 Å². The smallest absolute Gasteiger partial charge is 0.126 e. The molecular weight excluding hydrogens is 400 g/mol.